The third-order valence-electron chi connectivity index (χ3n) is 4.76. The standard InChI is InChI=1S/C18H22N4O2/c1-11-8-15-16(12(2)24-11)20-21-17(15)18(23)22(14-5-6-14)10-13-4-3-7-19-9-13/h3-4,7,9,11-12,14H,5-6,8,10H2,1-2H3,(H,20,21)/t11-,12+/m1/s1. The van der Waals surface area contributed by atoms with Gasteiger partial charge in [0.2, 0.25) is 0 Å². The molecule has 126 valence electrons. The number of H-pyrrole nitrogens is 1. The minimum absolute atomic E-state index is 0.0140. The highest BCUT2D eigenvalue weighted by molar-refractivity contribution is 5.94. The molecule has 1 aliphatic heterocycles. The molecule has 0 unspecified atom stereocenters. The van der Waals surface area contributed by atoms with Gasteiger partial charge in [0.1, 0.15) is 0 Å². The maximum absolute atomic E-state index is 13.2. The van der Waals surface area contributed by atoms with Gasteiger partial charge in [-0.2, -0.15) is 5.10 Å². The van der Waals surface area contributed by atoms with E-state index in [0.717, 1.165) is 36.1 Å². The molecule has 0 radical (unpaired) electrons. The summed E-state index contributed by atoms with van der Waals surface area (Å²) in [4.78, 5) is 19.3. The van der Waals surface area contributed by atoms with Crippen LogP contribution in [0.3, 0.4) is 0 Å². The Morgan fingerprint density at radius 2 is 2.25 bits per heavy atom. The van der Waals surface area contributed by atoms with Gasteiger partial charge in [-0.1, -0.05) is 6.07 Å². The number of amides is 1. The van der Waals surface area contributed by atoms with Crippen molar-refractivity contribution in [2.45, 2.75) is 57.9 Å². The van der Waals surface area contributed by atoms with Crippen LogP contribution in [0.4, 0.5) is 0 Å². The van der Waals surface area contributed by atoms with Gasteiger partial charge in [0.05, 0.1) is 17.9 Å². The van der Waals surface area contributed by atoms with Crippen molar-refractivity contribution in [1.29, 1.82) is 0 Å². The largest absolute Gasteiger partial charge is 0.369 e. The number of hydrogen-bond acceptors (Lipinski definition) is 4. The van der Waals surface area contributed by atoms with E-state index in [1.165, 1.54) is 0 Å². The van der Waals surface area contributed by atoms with Crippen molar-refractivity contribution in [3.05, 3.63) is 47.0 Å². The third-order valence-corrected chi connectivity index (χ3v) is 4.76. The zero-order valence-electron chi connectivity index (χ0n) is 14.0. The molecule has 2 aliphatic rings. The van der Waals surface area contributed by atoms with Gasteiger partial charge in [-0.05, 0) is 38.3 Å². The van der Waals surface area contributed by atoms with Crippen LogP contribution in [0.5, 0.6) is 0 Å². The van der Waals surface area contributed by atoms with Gasteiger partial charge in [0.15, 0.2) is 5.69 Å². The molecule has 2 aromatic heterocycles. The second kappa shape index (κ2) is 6.02. The van der Waals surface area contributed by atoms with Crippen LogP contribution in [0, 0.1) is 0 Å². The van der Waals surface area contributed by atoms with Gasteiger partial charge < -0.3 is 9.64 Å². The van der Waals surface area contributed by atoms with Gasteiger partial charge >= 0.3 is 0 Å². The van der Waals surface area contributed by atoms with E-state index < -0.39 is 0 Å². The molecular weight excluding hydrogens is 304 g/mol. The Kier molecular flexibility index (Phi) is 3.84. The second-order valence-electron chi connectivity index (χ2n) is 6.78. The van der Waals surface area contributed by atoms with Crippen molar-refractivity contribution in [3.8, 4) is 0 Å². The summed E-state index contributed by atoms with van der Waals surface area (Å²) in [6.45, 7) is 4.62. The van der Waals surface area contributed by atoms with E-state index in [0.29, 0.717) is 18.3 Å². The molecule has 2 atom stereocenters. The average Bonchev–Trinajstić information content (AvgIpc) is 3.32. The number of pyridine rings is 1. The minimum Gasteiger partial charge on any atom is -0.369 e. The lowest BCUT2D eigenvalue weighted by Gasteiger charge is -2.26. The highest BCUT2D eigenvalue weighted by Gasteiger charge is 2.37. The van der Waals surface area contributed by atoms with Gasteiger partial charge in [-0.15, -0.1) is 0 Å². The number of rotatable bonds is 4. The summed E-state index contributed by atoms with van der Waals surface area (Å²) in [5.41, 5.74) is 3.56. The topological polar surface area (TPSA) is 71.1 Å². The molecule has 0 saturated heterocycles. The van der Waals surface area contributed by atoms with E-state index in [-0.39, 0.29) is 18.1 Å². The van der Waals surface area contributed by atoms with Crippen LogP contribution >= 0.6 is 0 Å². The monoisotopic (exact) mass is 326 g/mol. The molecule has 0 spiro atoms. The zero-order chi connectivity index (χ0) is 16.7. The van der Waals surface area contributed by atoms with Gasteiger partial charge in [0, 0.05) is 37.0 Å². The van der Waals surface area contributed by atoms with E-state index in [9.17, 15) is 4.79 Å². The first-order valence-corrected chi connectivity index (χ1v) is 8.56. The summed E-state index contributed by atoms with van der Waals surface area (Å²) < 4.78 is 5.82. The van der Waals surface area contributed by atoms with Gasteiger partial charge in [-0.25, -0.2) is 0 Å². The Balaban J connectivity index is 1.62. The zero-order valence-corrected chi connectivity index (χ0v) is 14.0. The van der Waals surface area contributed by atoms with Crippen molar-refractivity contribution >= 4 is 5.91 Å². The Hall–Kier alpha value is -2.21. The first-order chi connectivity index (χ1) is 11.6. The lowest BCUT2D eigenvalue weighted by atomic mass is 9.99. The normalized spacial score (nSPS) is 22.9. The predicted molar refractivity (Wildman–Crippen MR) is 88.4 cm³/mol. The number of ether oxygens (including phenoxy) is 1. The van der Waals surface area contributed by atoms with Crippen LogP contribution in [0.15, 0.2) is 24.5 Å². The second-order valence-corrected chi connectivity index (χ2v) is 6.78. The van der Waals surface area contributed by atoms with Crippen molar-refractivity contribution in [1.82, 2.24) is 20.1 Å². The molecule has 6 heteroatoms. The Morgan fingerprint density at radius 1 is 1.42 bits per heavy atom. The van der Waals surface area contributed by atoms with E-state index in [4.69, 9.17) is 4.74 Å². The minimum atomic E-state index is -0.0505. The molecular formula is C18H22N4O2. The fourth-order valence-corrected chi connectivity index (χ4v) is 3.43. The number of nitrogens with one attached hydrogen (secondary N) is 1. The summed E-state index contributed by atoms with van der Waals surface area (Å²) in [5.74, 6) is 0.0140. The first-order valence-electron chi connectivity index (χ1n) is 8.56. The molecule has 4 rings (SSSR count). The molecule has 0 bridgehead atoms. The fraction of sp³-hybridized carbons (Fsp3) is 0.500. The number of fused-ring (bicyclic) bond motifs is 1. The quantitative estimate of drug-likeness (QED) is 0.937. The Labute approximate surface area is 141 Å². The first kappa shape index (κ1) is 15.3. The number of nitrogens with zero attached hydrogens (tertiary/aromatic N) is 3. The van der Waals surface area contributed by atoms with E-state index in [1.807, 2.05) is 37.1 Å². The summed E-state index contributed by atoms with van der Waals surface area (Å²) in [6.07, 6.45) is 6.47. The predicted octanol–water partition coefficient (Wildman–Crippen LogP) is 2.63. The molecule has 1 fully saturated rings. The van der Waals surface area contributed by atoms with Gasteiger partial charge in [0.25, 0.3) is 5.91 Å². The molecule has 1 saturated carbocycles. The van der Waals surface area contributed by atoms with Crippen LogP contribution in [-0.4, -0.2) is 38.1 Å². The average molecular weight is 326 g/mol. The van der Waals surface area contributed by atoms with E-state index >= 15 is 0 Å². The third kappa shape index (κ3) is 2.82. The molecule has 2 aromatic rings. The molecule has 3 heterocycles. The Bertz CT molecular complexity index is 739. The van der Waals surface area contributed by atoms with Crippen molar-refractivity contribution in [3.63, 3.8) is 0 Å². The molecule has 1 N–H and O–H groups in total. The van der Waals surface area contributed by atoms with E-state index in [2.05, 4.69) is 15.2 Å². The summed E-state index contributed by atoms with van der Waals surface area (Å²) in [7, 11) is 0. The summed E-state index contributed by atoms with van der Waals surface area (Å²) in [6, 6.07) is 4.23. The fourth-order valence-electron chi connectivity index (χ4n) is 3.43. The summed E-state index contributed by atoms with van der Waals surface area (Å²) in [5, 5.41) is 7.36. The lowest BCUT2D eigenvalue weighted by molar-refractivity contribution is -0.00702. The lowest BCUT2D eigenvalue weighted by Crippen LogP contribution is -2.34. The number of carbonyl (C=O) groups excluding carboxylic acids is 1. The number of carbonyl (C=O) groups is 1. The van der Waals surface area contributed by atoms with Crippen LogP contribution in [-0.2, 0) is 17.7 Å². The maximum Gasteiger partial charge on any atom is 0.275 e. The molecule has 1 aliphatic carbocycles. The van der Waals surface area contributed by atoms with E-state index in [1.54, 1.807) is 6.20 Å². The number of aromatic amines is 1. The van der Waals surface area contributed by atoms with Gasteiger partial charge in [-0.3, -0.25) is 14.9 Å². The molecule has 1 amide bonds. The van der Waals surface area contributed by atoms with Crippen LogP contribution < -0.4 is 0 Å². The van der Waals surface area contributed by atoms with Crippen LogP contribution in [0.25, 0.3) is 0 Å². The smallest absolute Gasteiger partial charge is 0.275 e. The maximum atomic E-state index is 13.2. The SMILES string of the molecule is C[C@@H]1Cc2c(C(=O)N(Cc3cccnc3)C3CC3)n[nH]c2[C@H](C)O1. The molecule has 24 heavy (non-hydrogen) atoms. The molecule has 0 aromatic carbocycles. The van der Waals surface area contributed by atoms with Crippen LogP contribution in [0.2, 0.25) is 0 Å². The highest BCUT2D eigenvalue weighted by atomic mass is 16.5. The molecule has 6 nitrogen and oxygen atoms in total. The summed E-state index contributed by atoms with van der Waals surface area (Å²) >= 11 is 0. The van der Waals surface area contributed by atoms with Crippen LogP contribution in [0.1, 0.15) is 60.1 Å². The Morgan fingerprint density at radius 3 is 2.96 bits per heavy atom. The van der Waals surface area contributed by atoms with Crippen molar-refractivity contribution in [2.24, 2.45) is 0 Å². The number of hydrogen-bond donors (Lipinski definition) is 1. The van der Waals surface area contributed by atoms with Crippen molar-refractivity contribution in [2.75, 3.05) is 0 Å². The van der Waals surface area contributed by atoms with Crippen molar-refractivity contribution < 1.29 is 9.53 Å². The highest BCUT2D eigenvalue weighted by Crippen LogP contribution is 2.33. The number of aromatic nitrogens is 3.